The number of amides is 1. The molecule has 4 nitrogen and oxygen atoms in total. The number of pyridine rings is 1. The summed E-state index contributed by atoms with van der Waals surface area (Å²) < 4.78 is 0. The summed E-state index contributed by atoms with van der Waals surface area (Å²) in [5, 5.41) is 10.5. The molecule has 0 saturated carbocycles. The Bertz CT molecular complexity index is 688. The minimum atomic E-state index is -0.271. The molecule has 1 aliphatic rings. The molecule has 0 radical (unpaired) electrons. The Balaban J connectivity index is 2.02. The van der Waals surface area contributed by atoms with Crippen LogP contribution >= 0.6 is 0 Å². The summed E-state index contributed by atoms with van der Waals surface area (Å²) in [6.07, 6.45) is 1.05. The van der Waals surface area contributed by atoms with Gasteiger partial charge >= 0.3 is 0 Å². The second kappa shape index (κ2) is 5.45. The molecule has 1 N–H and O–H groups in total. The topological polar surface area (TPSA) is 53.4 Å². The normalized spacial score (nSPS) is 16.4. The Labute approximate surface area is 124 Å². The lowest BCUT2D eigenvalue weighted by atomic mass is 10.0. The van der Waals surface area contributed by atoms with Crippen LogP contribution in [0.2, 0.25) is 0 Å². The third-order valence-electron chi connectivity index (χ3n) is 4.07. The third-order valence-corrected chi connectivity index (χ3v) is 4.07. The van der Waals surface area contributed by atoms with Crippen LogP contribution in [0.3, 0.4) is 0 Å². The van der Waals surface area contributed by atoms with E-state index in [1.165, 1.54) is 0 Å². The molecule has 1 aliphatic heterocycles. The number of carbonyl (C=O) groups is 1. The zero-order chi connectivity index (χ0) is 15.0. The zero-order valence-corrected chi connectivity index (χ0v) is 12.5. The third kappa shape index (κ3) is 2.76. The summed E-state index contributed by atoms with van der Waals surface area (Å²) >= 11 is 0. The van der Waals surface area contributed by atoms with Gasteiger partial charge in [0.2, 0.25) is 0 Å². The molecule has 3 rings (SSSR count). The first kappa shape index (κ1) is 14.0. The van der Waals surface area contributed by atoms with Gasteiger partial charge in [-0.2, -0.15) is 0 Å². The standard InChI is InChI=1S/C17H20N2O2/c1-11-3-4-16-14(9-11)15(10-12(2)18-16)17(21)19-7-5-13(20)6-8-19/h3-4,9-10,13,20H,5-8H2,1-2H3. The van der Waals surface area contributed by atoms with Gasteiger partial charge in [0.1, 0.15) is 0 Å². The Morgan fingerprint density at radius 1 is 1.24 bits per heavy atom. The van der Waals surface area contributed by atoms with Crippen LogP contribution < -0.4 is 0 Å². The molecule has 4 heteroatoms. The Kier molecular flexibility index (Phi) is 3.64. The van der Waals surface area contributed by atoms with Crippen molar-refractivity contribution in [1.82, 2.24) is 9.88 Å². The van der Waals surface area contributed by atoms with Gasteiger partial charge in [0.15, 0.2) is 0 Å². The van der Waals surface area contributed by atoms with Gasteiger partial charge in [0, 0.05) is 24.2 Å². The highest BCUT2D eigenvalue weighted by atomic mass is 16.3. The van der Waals surface area contributed by atoms with Crippen LogP contribution in [0.1, 0.15) is 34.5 Å². The molecule has 0 atom stereocenters. The smallest absolute Gasteiger partial charge is 0.254 e. The maximum atomic E-state index is 12.8. The van der Waals surface area contributed by atoms with Gasteiger partial charge in [-0.1, -0.05) is 11.6 Å². The van der Waals surface area contributed by atoms with Crippen LogP contribution in [0, 0.1) is 13.8 Å². The van der Waals surface area contributed by atoms with E-state index in [0.29, 0.717) is 25.9 Å². The molecule has 1 amide bonds. The van der Waals surface area contributed by atoms with Crippen molar-refractivity contribution in [2.45, 2.75) is 32.8 Å². The van der Waals surface area contributed by atoms with E-state index in [1.807, 2.05) is 43.0 Å². The number of aryl methyl sites for hydroxylation is 2. The van der Waals surface area contributed by atoms with Crippen molar-refractivity contribution in [2.75, 3.05) is 13.1 Å². The second-order valence-electron chi connectivity index (χ2n) is 5.86. The van der Waals surface area contributed by atoms with Gasteiger partial charge in [0.05, 0.1) is 17.2 Å². The quantitative estimate of drug-likeness (QED) is 0.875. The summed E-state index contributed by atoms with van der Waals surface area (Å²) in [5.41, 5.74) is 3.56. The number of rotatable bonds is 1. The first-order valence-electron chi connectivity index (χ1n) is 7.40. The highest BCUT2D eigenvalue weighted by Gasteiger charge is 2.24. The molecular formula is C17H20N2O2. The number of benzene rings is 1. The van der Waals surface area contributed by atoms with Crippen LogP contribution in [0.15, 0.2) is 24.3 Å². The molecule has 2 aromatic rings. The number of aromatic nitrogens is 1. The van der Waals surface area contributed by atoms with Crippen molar-refractivity contribution in [1.29, 1.82) is 0 Å². The van der Waals surface area contributed by atoms with Gasteiger partial charge in [0.25, 0.3) is 5.91 Å². The number of nitrogens with zero attached hydrogens (tertiary/aromatic N) is 2. The largest absolute Gasteiger partial charge is 0.393 e. The average molecular weight is 284 g/mol. The van der Waals surface area contributed by atoms with Gasteiger partial charge < -0.3 is 10.0 Å². The predicted octanol–water partition coefficient (Wildman–Crippen LogP) is 2.45. The molecule has 0 aliphatic carbocycles. The highest BCUT2D eigenvalue weighted by Crippen LogP contribution is 2.23. The number of carbonyl (C=O) groups excluding carboxylic acids is 1. The van der Waals surface area contributed by atoms with Gasteiger partial charge in [-0.3, -0.25) is 9.78 Å². The van der Waals surface area contributed by atoms with E-state index in [2.05, 4.69) is 4.98 Å². The molecule has 1 aromatic heterocycles. The zero-order valence-electron chi connectivity index (χ0n) is 12.5. The van der Waals surface area contributed by atoms with Crippen molar-refractivity contribution < 1.29 is 9.90 Å². The Hall–Kier alpha value is -1.94. The minimum Gasteiger partial charge on any atom is -0.393 e. The SMILES string of the molecule is Cc1ccc2nc(C)cc(C(=O)N3CCC(O)CC3)c2c1. The molecule has 0 unspecified atom stereocenters. The lowest BCUT2D eigenvalue weighted by Crippen LogP contribution is -2.40. The van der Waals surface area contributed by atoms with E-state index in [0.717, 1.165) is 27.7 Å². The Morgan fingerprint density at radius 2 is 1.95 bits per heavy atom. The van der Waals surface area contributed by atoms with Crippen LogP contribution in [0.5, 0.6) is 0 Å². The van der Waals surface area contributed by atoms with Crippen molar-refractivity contribution in [3.05, 3.63) is 41.1 Å². The van der Waals surface area contributed by atoms with Crippen LogP contribution in [-0.4, -0.2) is 40.1 Å². The fraction of sp³-hybridized carbons (Fsp3) is 0.412. The number of fused-ring (bicyclic) bond motifs is 1. The molecule has 0 bridgehead atoms. The summed E-state index contributed by atoms with van der Waals surface area (Å²) in [5.74, 6) is 0.0444. The molecular weight excluding hydrogens is 264 g/mol. The van der Waals surface area contributed by atoms with Crippen molar-refractivity contribution >= 4 is 16.8 Å². The van der Waals surface area contributed by atoms with Crippen LogP contribution in [0.25, 0.3) is 10.9 Å². The highest BCUT2D eigenvalue weighted by molar-refractivity contribution is 6.06. The maximum absolute atomic E-state index is 12.8. The summed E-state index contributed by atoms with van der Waals surface area (Å²) in [6.45, 7) is 5.17. The molecule has 1 fully saturated rings. The number of piperidine rings is 1. The number of likely N-dealkylation sites (tertiary alicyclic amines) is 1. The van der Waals surface area contributed by atoms with Gasteiger partial charge in [-0.25, -0.2) is 0 Å². The number of aliphatic hydroxyl groups excluding tert-OH is 1. The van der Waals surface area contributed by atoms with E-state index >= 15 is 0 Å². The molecule has 1 saturated heterocycles. The minimum absolute atomic E-state index is 0.0444. The maximum Gasteiger partial charge on any atom is 0.254 e. The summed E-state index contributed by atoms with van der Waals surface area (Å²) in [7, 11) is 0. The van der Waals surface area contributed by atoms with Gasteiger partial charge in [-0.15, -0.1) is 0 Å². The Morgan fingerprint density at radius 3 is 2.67 bits per heavy atom. The fourth-order valence-corrected chi connectivity index (χ4v) is 2.89. The van der Waals surface area contributed by atoms with E-state index in [4.69, 9.17) is 0 Å². The molecule has 1 aromatic carbocycles. The number of aliphatic hydroxyl groups is 1. The average Bonchev–Trinajstić information content (AvgIpc) is 2.47. The lowest BCUT2D eigenvalue weighted by molar-refractivity contribution is 0.0548. The van der Waals surface area contributed by atoms with Crippen LogP contribution in [-0.2, 0) is 0 Å². The van der Waals surface area contributed by atoms with E-state index in [-0.39, 0.29) is 12.0 Å². The first-order valence-corrected chi connectivity index (χ1v) is 7.40. The monoisotopic (exact) mass is 284 g/mol. The summed E-state index contributed by atoms with van der Waals surface area (Å²) in [6, 6.07) is 7.87. The van der Waals surface area contributed by atoms with E-state index in [1.54, 1.807) is 0 Å². The van der Waals surface area contributed by atoms with Crippen molar-refractivity contribution in [3.63, 3.8) is 0 Å². The first-order chi connectivity index (χ1) is 10.0. The van der Waals surface area contributed by atoms with Crippen molar-refractivity contribution in [2.24, 2.45) is 0 Å². The van der Waals surface area contributed by atoms with E-state index in [9.17, 15) is 9.90 Å². The van der Waals surface area contributed by atoms with Crippen molar-refractivity contribution in [3.8, 4) is 0 Å². The van der Waals surface area contributed by atoms with Crippen LogP contribution in [0.4, 0.5) is 0 Å². The fourth-order valence-electron chi connectivity index (χ4n) is 2.89. The van der Waals surface area contributed by atoms with E-state index < -0.39 is 0 Å². The summed E-state index contributed by atoms with van der Waals surface area (Å²) in [4.78, 5) is 19.1. The predicted molar refractivity (Wildman–Crippen MR) is 82.4 cm³/mol. The molecule has 110 valence electrons. The second-order valence-corrected chi connectivity index (χ2v) is 5.86. The molecule has 0 spiro atoms. The number of hydrogen-bond acceptors (Lipinski definition) is 3. The molecule has 21 heavy (non-hydrogen) atoms. The number of hydrogen-bond donors (Lipinski definition) is 1. The van der Waals surface area contributed by atoms with Gasteiger partial charge in [-0.05, 0) is 44.9 Å². The molecule has 2 heterocycles. The lowest BCUT2D eigenvalue weighted by Gasteiger charge is -2.30.